The number of hydrogen-bond acceptors (Lipinski definition) is 6. The van der Waals surface area contributed by atoms with Crippen molar-refractivity contribution in [3.63, 3.8) is 0 Å². The molecule has 2 aromatic carbocycles. The van der Waals surface area contributed by atoms with Crippen LogP contribution in [-0.4, -0.2) is 46.9 Å². The summed E-state index contributed by atoms with van der Waals surface area (Å²) in [4.78, 5) is 24.6. The summed E-state index contributed by atoms with van der Waals surface area (Å²) >= 11 is 0. The van der Waals surface area contributed by atoms with Gasteiger partial charge < -0.3 is 29.6 Å². The molecule has 2 aromatic rings. The Labute approximate surface area is 163 Å². The van der Waals surface area contributed by atoms with Crippen LogP contribution >= 0.6 is 0 Å². The van der Waals surface area contributed by atoms with Crippen molar-refractivity contribution in [2.75, 3.05) is 45.7 Å². The minimum atomic E-state index is -0.388. The van der Waals surface area contributed by atoms with Crippen molar-refractivity contribution in [3.05, 3.63) is 41.5 Å². The van der Waals surface area contributed by atoms with Crippen LogP contribution in [0.25, 0.3) is 0 Å². The Morgan fingerprint density at radius 2 is 1.50 bits per heavy atom. The van der Waals surface area contributed by atoms with Gasteiger partial charge in [-0.15, -0.1) is 0 Å². The molecule has 0 heterocycles. The molecule has 0 aliphatic rings. The Kier molecular flexibility index (Phi) is 7.22. The van der Waals surface area contributed by atoms with E-state index in [-0.39, 0.29) is 24.0 Å². The Morgan fingerprint density at radius 3 is 2.11 bits per heavy atom. The molecule has 0 aliphatic carbocycles. The van der Waals surface area contributed by atoms with E-state index in [1.54, 1.807) is 30.3 Å². The topological polar surface area (TPSA) is 95.1 Å². The zero-order chi connectivity index (χ0) is 20.7. The number of carbonyl (C=O) groups is 2. The van der Waals surface area contributed by atoms with E-state index in [0.717, 1.165) is 5.56 Å². The fraction of sp³-hybridized carbons (Fsp3) is 0.300. The number of carbonyl (C=O) groups excluding carboxylic acids is 2. The molecule has 0 fully saturated rings. The molecule has 0 spiro atoms. The maximum absolute atomic E-state index is 12.9. The van der Waals surface area contributed by atoms with Gasteiger partial charge in [-0.25, -0.2) is 0 Å². The number of rotatable bonds is 8. The molecule has 8 nitrogen and oxygen atoms in total. The highest BCUT2D eigenvalue weighted by Gasteiger charge is 2.18. The van der Waals surface area contributed by atoms with Gasteiger partial charge in [-0.3, -0.25) is 9.59 Å². The molecule has 0 saturated heterocycles. The number of methoxy groups -OCH3 is 4. The van der Waals surface area contributed by atoms with E-state index in [2.05, 4.69) is 10.6 Å². The molecule has 8 heteroatoms. The van der Waals surface area contributed by atoms with E-state index in [1.807, 2.05) is 6.92 Å². The Morgan fingerprint density at radius 1 is 0.857 bits per heavy atom. The van der Waals surface area contributed by atoms with E-state index in [9.17, 15) is 9.59 Å². The van der Waals surface area contributed by atoms with Crippen molar-refractivity contribution in [2.45, 2.75) is 6.92 Å². The Balaban J connectivity index is 2.30. The van der Waals surface area contributed by atoms with Crippen molar-refractivity contribution >= 4 is 23.2 Å². The van der Waals surface area contributed by atoms with E-state index in [4.69, 9.17) is 18.9 Å². The average molecular weight is 388 g/mol. The first-order valence-electron chi connectivity index (χ1n) is 8.44. The first kappa shape index (κ1) is 21.0. The predicted octanol–water partition coefficient (Wildman–Crippen LogP) is 2.86. The van der Waals surface area contributed by atoms with Crippen LogP contribution in [0.15, 0.2) is 30.3 Å². The second-order valence-electron chi connectivity index (χ2n) is 5.87. The van der Waals surface area contributed by atoms with Gasteiger partial charge in [0.1, 0.15) is 12.4 Å². The molecule has 2 amide bonds. The molecule has 2 rings (SSSR count). The number of anilines is 2. The summed E-state index contributed by atoms with van der Waals surface area (Å²) in [5.41, 5.74) is 2.21. The summed E-state index contributed by atoms with van der Waals surface area (Å²) in [5.74, 6) is 0.532. The summed E-state index contributed by atoms with van der Waals surface area (Å²) in [6.07, 6.45) is 0. The van der Waals surface area contributed by atoms with Crippen LogP contribution < -0.4 is 24.8 Å². The second kappa shape index (κ2) is 9.61. The van der Waals surface area contributed by atoms with Gasteiger partial charge in [0.05, 0.1) is 26.9 Å². The molecule has 150 valence electrons. The highest BCUT2D eigenvalue weighted by molar-refractivity contribution is 6.07. The van der Waals surface area contributed by atoms with Crippen molar-refractivity contribution in [1.29, 1.82) is 0 Å². The molecule has 0 saturated carbocycles. The predicted molar refractivity (Wildman–Crippen MR) is 106 cm³/mol. The van der Waals surface area contributed by atoms with Gasteiger partial charge >= 0.3 is 0 Å². The molecule has 0 bridgehead atoms. The van der Waals surface area contributed by atoms with E-state index in [0.29, 0.717) is 28.6 Å². The van der Waals surface area contributed by atoms with Gasteiger partial charge in [0.15, 0.2) is 11.5 Å². The number of ether oxygens (including phenoxy) is 4. The molecule has 2 N–H and O–H groups in total. The summed E-state index contributed by atoms with van der Waals surface area (Å²) in [6, 6.07) is 8.35. The zero-order valence-electron chi connectivity index (χ0n) is 16.5. The molecule has 0 aliphatic heterocycles. The van der Waals surface area contributed by atoms with E-state index < -0.39 is 0 Å². The third-order valence-electron chi connectivity index (χ3n) is 4.00. The minimum Gasteiger partial charge on any atom is -0.496 e. The third-order valence-corrected chi connectivity index (χ3v) is 4.00. The van der Waals surface area contributed by atoms with E-state index in [1.165, 1.54) is 28.4 Å². The van der Waals surface area contributed by atoms with Crippen LogP contribution in [-0.2, 0) is 9.53 Å². The first-order valence-corrected chi connectivity index (χ1v) is 8.44. The lowest BCUT2D eigenvalue weighted by Crippen LogP contribution is -2.18. The molecule has 0 atom stereocenters. The summed E-state index contributed by atoms with van der Waals surface area (Å²) in [6.45, 7) is 1.79. The van der Waals surface area contributed by atoms with Gasteiger partial charge in [-0.2, -0.15) is 0 Å². The fourth-order valence-corrected chi connectivity index (χ4v) is 2.56. The molecular weight excluding hydrogens is 364 g/mol. The second-order valence-corrected chi connectivity index (χ2v) is 5.87. The van der Waals surface area contributed by atoms with Crippen molar-refractivity contribution in [2.24, 2.45) is 0 Å². The summed E-state index contributed by atoms with van der Waals surface area (Å²) in [7, 11) is 5.90. The average Bonchev–Trinajstić information content (AvgIpc) is 2.69. The van der Waals surface area contributed by atoms with Crippen LogP contribution in [0.1, 0.15) is 15.9 Å². The van der Waals surface area contributed by atoms with Crippen molar-refractivity contribution in [3.8, 4) is 17.2 Å². The monoisotopic (exact) mass is 388 g/mol. The lowest BCUT2D eigenvalue weighted by atomic mass is 10.1. The number of hydrogen-bond donors (Lipinski definition) is 2. The molecule has 28 heavy (non-hydrogen) atoms. The maximum Gasteiger partial charge on any atom is 0.259 e. The van der Waals surface area contributed by atoms with E-state index >= 15 is 0 Å². The summed E-state index contributed by atoms with van der Waals surface area (Å²) < 4.78 is 20.6. The third kappa shape index (κ3) is 4.92. The lowest BCUT2D eigenvalue weighted by molar-refractivity contribution is -0.119. The highest BCUT2D eigenvalue weighted by atomic mass is 16.5. The number of amides is 2. The zero-order valence-corrected chi connectivity index (χ0v) is 16.5. The maximum atomic E-state index is 12.9. The SMILES string of the molecule is COCC(=O)Nc1ccc(C)c(NC(=O)c2cc(OC)c(OC)cc2OC)c1. The molecular formula is C20H24N2O6. The fourth-order valence-electron chi connectivity index (χ4n) is 2.56. The quantitative estimate of drug-likeness (QED) is 0.722. The Hall–Kier alpha value is -3.26. The largest absolute Gasteiger partial charge is 0.496 e. The number of aryl methyl sites for hydroxylation is 1. The highest BCUT2D eigenvalue weighted by Crippen LogP contribution is 2.35. The van der Waals surface area contributed by atoms with Crippen LogP contribution in [0.2, 0.25) is 0 Å². The van der Waals surface area contributed by atoms with Crippen LogP contribution in [0.5, 0.6) is 17.2 Å². The smallest absolute Gasteiger partial charge is 0.259 e. The van der Waals surface area contributed by atoms with Crippen LogP contribution in [0.3, 0.4) is 0 Å². The van der Waals surface area contributed by atoms with Gasteiger partial charge in [-0.05, 0) is 24.6 Å². The molecule has 0 radical (unpaired) electrons. The summed E-state index contributed by atoms with van der Waals surface area (Å²) in [5, 5.41) is 5.54. The van der Waals surface area contributed by atoms with Gasteiger partial charge in [0.2, 0.25) is 5.91 Å². The van der Waals surface area contributed by atoms with Gasteiger partial charge in [-0.1, -0.05) is 6.07 Å². The minimum absolute atomic E-state index is 0.0571. The number of benzene rings is 2. The van der Waals surface area contributed by atoms with Crippen molar-refractivity contribution in [1.82, 2.24) is 0 Å². The van der Waals surface area contributed by atoms with Gasteiger partial charge in [0.25, 0.3) is 5.91 Å². The van der Waals surface area contributed by atoms with Gasteiger partial charge in [0, 0.05) is 30.6 Å². The van der Waals surface area contributed by atoms with Crippen LogP contribution in [0.4, 0.5) is 11.4 Å². The number of nitrogens with one attached hydrogen (secondary N) is 2. The molecule has 0 aromatic heterocycles. The molecule has 0 unspecified atom stereocenters. The standard InChI is InChI=1S/C20H24N2O6/c1-12-6-7-13(21-19(23)11-25-2)8-15(12)22-20(24)14-9-17(27-4)18(28-5)10-16(14)26-3/h6-10H,11H2,1-5H3,(H,21,23)(H,22,24). The lowest BCUT2D eigenvalue weighted by Gasteiger charge is -2.15. The first-order chi connectivity index (χ1) is 13.4. The normalized spacial score (nSPS) is 10.2. The van der Waals surface area contributed by atoms with Crippen LogP contribution in [0, 0.1) is 6.92 Å². The Bertz CT molecular complexity index is 866. The van der Waals surface area contributed by atoms with Crippen molar-refractivity contribution < 1.29 is 28.5 Å².